The van der Waals surface area contributed by atoms with Gasteiger partial charge < -0.3 is 39.3 Å². The van der Waals surface area contributed by atoms with Gasteiger partial charge in [-0.25, -0.2) is 9.13 Å². The van der Waals surface area contributed by atoms with Gasteiger partial charge in [0.2, 0.25) is 0 Å². The third-order valence-corrected chi connectivity index (χ3v) is 21.4. The molecule has 2 aromatic heterocycles. The fourth-order valence-electron chi connectivity index (χ4n) is 14.5. The average molecular weight is 1390 g/mol. The van der Waals surface area contributed by atoms with Crippen molar-refractivity contribution in [1.82, 2.24) is 9.97 Å². The maximum Gasteiger partial charge on any atom is 1.00 e. The number of carbonyl (C=O) groups is 2. The molecular weight excluding hydrogens is 1330 g/mol. The Labute approximate surface area is 535 Å². The molecule has 6 aliphatic carbocycles. The normalized spacial score (nSPS) is 28.6. The molecule has 0 spiro atoms. The van der Waals surface area contributed by atoms with E-state index in [4.69, 9.17) is 18.7 Å². The van der Waals surface area contributed by atoms with Crippen molar-refractivity contribution in [1.29, 1.82) is 0 Å². The van der Waals surface area contributed by atoms with E-state index in [2.05, 4.69) is 89.9 Å². The molecule has 4 N–H and O–H groups in total. The third-order valence-electron chi connectivity index (χ3n) is 17.3. The summed E-state index contributed by atoms with van der Waals surface area (Å²) in [5.41, 5.74) is 6.75. The van der Waals surface area contributed by atoms with Gasteiger partial charge in [-0.3, -0.25) is 29.2 Å². The number of benzene rings is 2. The summed E-state index contributed by atoms with van der Waals surface area (Å²) in [6, 6.07) is 7.72. The van der Waals surface area contributed by atoms with E-state index in [1.807, 2.05) is 38.1 Å². The van der Waals surface area contributed by atoms with Gasteiger partial charge in [0.15, 0.2) is 0 Å². The van der Waals surface area contributed by atoms with E-state index in [-0.39, 0.29) is 93.3 Å². The first-order valence-electron chi connectivity index (χ1n) is 25.7. The predicted molar refractivity (Wildman–Crippen MR) is 308 cm³/mol. The van der Waals surface area contributed by atoms with Gasteiger partial charge in [0.1, 0.15) is 37.5 Å². The number of halogens is 2. The van der Waals surface area contributed by atoms with Crippen LogP contribution in [-0.2, 0) is 41.2 Å². The second-order valence-electron chi connectivity index (χ2n) is 21.7. The van der Waals surface area contributed by atoms with E-state index in [9.17, 15) is 38.3 Å². The number of amides is 2. The summed E-state index contributed by atoms with van der Waals surface area (Å²) < 4.78 is 34.2. The van der Waals surface area contributed by atoms with E-state index in [0.717, 1.165) is 109 Å². The number of rotatable bonds is 14. The molecule has 4 fully saturated rings. The fraction of sp³-hybridized carbons (Fsp3) is 0.577. The van der Waals surface area contributed by atoms with Gasteiger partial charge in [0.25, 0.3) is 0 Å². The number of thiazole rings is 2. The summed E-state index contributed by atoms with van der Waals surface area (Å²) in [4.78, 5) is 83.7. The number of nitrogens with zero attached hydrogens (tertiary/aromatic N) is 6. The fourth-order valence-corrected chi connectivity index (χ4v) is 18.1. The minimum absolute atomic E-state index is 0. The van der Waals surface area contributed by atoms with Crippen LogP contribution in [0, 0.1) is 67.3 Å². The molecule has 78 heavy (non-hydrogen) atoms. The zero-order valence-corrected chi connectivity index (χ0v) is 56.9. The van der Waals surface area contributed by atoms with Gasteiger partial charge in [-0.05, 0) is 240 Å². The third kappa shape index (κ3) is 14.4. The van der Waals surface area contributed by atoms with Crippen LogP contribution in [0.4, 0.5) is 10.3 Å². The van der Waals surface area contributed by atoms with Gasteiger partial charge in [-0.1, -0.05) is 36.6 Å². The molecule has 412 valence electrons. The Morgan fingerprint density at radius 3 is 1.40 bits per heavy atom. The monoisotopic (exact) mass is 1390 g/mol. The second-order valence-corrected chi connectivity index (χ2v) is 28.8. The Kier molecular flexibility index (Phi) is 21.9. The van der Waals surface area contributed by atoms with Crippen molar-refractivity contribution >= 4 is 117 Å². The van der Waals surface area contributed by atoms with Crippen molar-refractivity contribution in [3.63, 3.8) is 0 Å². The van der Waals surface area contributed by atoms with Crippen molar-refractivity contribution in [2.45, 2.75) is 129 Å². The number of carbonyl (C=O) groups excluding carboxylic acids is 2. The standard InChI is InChI=1S/2C26H33IN3O6PS.2Na/c2*1-14-13-28-25(38-14)29-23(31)7-5-16-11-22(30-35-3)26(2)9-8-17-18(24(16)26)6-4-15-10-21(36-37(32,33)34)20(27)12-19(15)17;;/h2*10,12-13,16-18,24H,4-9,11H2,1-3H3,(H3,28,29,31,32,33,34);;/q;;2*+1/p-2/b2*30-22+;;/t2*16-,17?,18?,24?,26-;;/m11../s1. The van der Waals surface area contributed by atoms with Crippen molar-refractivity contribution in [2.24, 2.45) is 56.6 Å². The quantitative estimate of drug-likeness (QED) is 0.0419. The van der Waals surface area contributed by atoms with Crippen molar-refractivity contribution in [3.8, 4) is 11.5 Å². The Bertz CT molecular complexity index is 2830. The Hall–Kier alpha value is -1.06. The molecule has 2 aromatic carbocycles. The summed E-state index contributed by atoms with van der Waals surface area (Å²) in [5.74, 6) is 3.08. The van der Waals surface area contributed by atoms with Crippen LogP contribution in [0.2, 0.25) is 0 Å². The summed E-state index contributed by atoms with van der Waals surface area (Å²) in [5, 5.41) is 18.4. The zero-order valence-electron chi connectivity index (χ0n) is 45.2. The number of aromatic nitrogens is 2. The smallest absolute Gasteiger partial charge is 0.433 e. The molecule has 10 atom stereocenters. The number of phosphoric acid groups is 2. The Morgan fingerprint density at radius 2 is 1.06 bits per heavy atom. The number of hydrogen-bond donors (Lipinski definition) is 4. The molecular formula is C52H64I2N6Na2O12P2S2. The molecule has 0 radical (unpaired) electrons. The molecule has 0 bridgehead atoms. The maximum atomic E-state index is 12.7. The number of hydrogen-bond acceptors (Lipinski definition) is 14. The largest absolute Gasteiger partial charge is 1.00 e. The number of phosphoric ester groups is 2. The van der Waals surface area contributed by atoms with E-state index >= 15 is 0 Å². The van der Waals surface area contributed by atoms with E-state index in [1.165, 1.54) is 33.8 Å². The molecule has 4 aromatic rings. The summed E-state index contributed by atoms with van der Waals surface area (Å²) in [6.45, 7) is 8.52. The molecule has 10 rings (SSSR count). The first-order valence-corrected chi connectivity index (χ1v) is 32.5. The van der Waals surface area contributed by atoms with Gasteiger partial charge in [-0.2, -0.15) is 22.7 Å². The molecule has 2 amide bonds. The summed E-state index contributed by atoms with van der Waals surface area (Å²) in [7, 11) is -6.07. The van der Waals surface area contributed by atoms with Crippen molar-refractivity contribution in [2.75, 3.05) is 14.2 Å². The second kappa shape index (κ2) is 26.5. The van der Waals surface area contributed by atoms with Crippen LogP contribution in [0.1, 0.15) is 135 Å². The number of fused-ring (bicyclic) bond motifs is 10. The van der Waals surface area contributed by atoms with Gasteiger partial charge in [0.05, 0.1) is 18.6 Å². The molecule has 6 unspecified atom stereocenters. The molecule has 6 aliphatic rings. The van der Waals surface area contributed by atoms with Crippen LogP contribution in [-0.4, -0.2) is 67.0 Å². The van der Waals surface area contributed by atoms with E-state index < -0.39 is 15.6 Å². The van der Waals surface area contributed by atoms with Gasteiger partial charge >= 0.3 is 74.8 Å². The van der Waals surface area contributed by atoms with Crippen LogP contribution >= 0.6 is 83.5 Å². The molecule has 26 heteroatoms. The molecule has 18 nitrogen and oxygen atoms in total. The first kappa shape index (κ1) is 64.5. The van der Waals surface area contributed by atoms with Crippen molar-refractivity contribution in [3.05, 3.63) is 86.4 Å². The van der Waals surface area contributed by atoms with E-state index in [1.54, 1.807) is 26.6 Å². The van der Waals surface area contributed by atoms with Crippen LogP contribution in [0.15, 0.2) is 47.0 Å². The molecule has 0 aliphatic heterocycles. The van der Waals surface area contributed by atoms with Crippen LogP contribution in [0.25, 0.3) is 10.6 Å². The first-order chi connectivity index (χ1) is 36.0. The summed E-state index contributed by atoms with van der Waals surface area (Å²) in [6.07, 6.45) is 14.9. The maximum absolute atomic E-state index is 12.7. The van der Waals surface area contributed by atoms with Crippen molar-refractivity contribution < 1.29 is 116 Å². The Morgan fingerprint density at radius 1 is 0.679 bits per heavy atom. The average Bonchev–Trinajstić information content (AvgIpc) is 4.27. The van der Waals surface area contributed by atoms with Gasteiger partial charge in [0, 0.05) is 33.9 Å². The minimum Gasteiger partial charge on any atom is -0.433 e. The Balaban J connectivity index is 0.000000220. The van der Waals surface area contributed by atoms with Crippen LogP contribution < -0.4 is 68.2 Å². The van der Waals surface area contributed by atoms with Crippen LogP contribution in [0.5, 0.6) is 11.5 Å². The topological polar surface area (TPSA) is 265 Å². The molecule has 2 heterocycles. The SMILES string of the molecule is CO/N=C1\C[C@@H](CCC(=O)[N-]c2ncc(C)s2)C2C3CCc4cc(OP(=O)(O)O)c(I)cc4C3CC[C@]12C.CO/N=C1\C[C@@H](CCC(=O)[N-]c2ncc(C)s2)C2C3CCc4cc(OP(=O)(O)O)c(I)cc4C3CC[C@]12C.[Na+].[Na+]. The molecule has 4 saturated carbocycles. The summed E-state index contributed by atoms with van der Waals surface area (Å²) >= 11 is 7.04. The predicted octanol–water partition coefficient (Wildman–Crippen LogP) is 7.26. The van der Waals surface area contributed by atoms with E-state index in [0.29, 0.717) is 77.6 Å². The van der Waals surface area contributed by atoms with Gasteiger partial charge in [-0.15, -0.1) is 0 Å². The minimum atomic E-state index is -4.63. The van der Waals surface area contributed by atoms with Crippen LogP contribution in [0.3, 0.4) is 0 Å². The zero-order chi connectivity index (χ0) is 54.5. The molecule has 0 saturated heterocycles. The number of aryl methyl sites for hydroxylation is 4. The number of oxime groups is 2.